The number of benzene rings is 1. The summed E-state index contributed by atoms with van der Waals surface area (Å²) in [7, 11) is -3.46. The molecule has 0 aliphatic rings. The Bertz CT molecular complexity index is 807. The van der Waals surface area contributed by atoms with Gasteiger partial charge in [-0.1, -0.05) is 30.3 Å². The van der Waals surface area contributed by atoms with Crippen LogP contribution in [0.25, 0.3) is 0 Å². The molecule has 0 saturated carbocycles. The van der Waals surface area contributed by atoms with Crippen LogP contribution in [0.4, 0.5) is 0 Å². The Morgan fingerprint density at radius 3 is 2.39 bits per heavy atom. The average Bonchev–Trinajstić information content (AvgIpc) is 2.46. The van der Waals surface area contributed by atoms with E-state index < -0.39 is 16.0 Å². The molecular weight excluding hydrogens is 318 g/mol. The molecule has 1 heterocycles. The maximum absolute atomic E-state index is 12.0. The predicted molar refractivity (Wildman–Crippen MR) is 84.3 cm³/mol. The van der Waals surface area contributed by atoms with Crippen molar-refractivity contribution in [3.63, 3.8) is 0 Å². The molecule has 0 saturated heterocycles. The van der Waals surface area contributed by atoms with Crippen molar-refractivity contribution in [3.05, 3.63) is 59.2 Å². The fourth-order valence-electron chi connectivity index (χ4n) is 2.04. The fraction of sp³-hybridized carbons (Fsp3) is 0.267. The van der Waals surface area contributed by atoms with Crippen molar-refractivity contribution in [1.82, 2.24) is 14.3 Å². The third-order valence-electron chi connectivity index (χ3n) is 3.25. The van der Waals surface area contributed by atoms with Crippen LogP contribution in [0.2, 0.25) is 0 Å². The quantitative estimate of drug-likeness (QED) is 0.857. The minimum atomic E-state index is -3.46. The van der Waals surface area contributed by atoms with Crippen LogP contribution in [0.5, 0.6) is 0 Å². The fourth-order valence-corrected chi connectivity index (χ4v) is 2.77. The Labute approximate surface area is 134 Å². The highest BCUT2D eigenvalue weighted by molar-refractivity contribution is 7.88. The molecule has 2 aromatic rings. The van der Waals surface area contributed by atoms with Gasteiger partial charge in [-0.2, -0.15) is 4.31 Å². The largest absolute Gasteiger partial charge is 0.478 e. The molecule has 0 fully saturated rings. The number of hydrogen-bond acceptors (Lipinski definition) is 5. The van der Waals surface area contributed by atoms with Crippen LogP contribution in [0.1, 0.15) is 27.4 Å². The van der Waals surface area contributed by atoms with Crippen molar-refractivity contribution < 1.29 is 18.3 Å². The molecule has 0 radical (unpaired) electrons. The molecule has 7 nitrogen and oxygen atoms in total. The number of aromatic nitrogens is 2. The standard InChI is InChI=1S/C15H17N3O4S/c1-11-13(15(19)20)8-16-14(17-11)10-18(23(2,21)22)9-12-6-4-3-5-7-12/h3-8H,9-10H2,1-2H3,(H,19,20). The summed E-state index contributed by atoms with van der Waals surface area (Å²) in [5.74, 6) is -0.854. The van der Waals surface area contributed by atoms with Crippen LogP contribution in [-0.2, 0) is 23.1 Å². The zero-order valence-corrected chi connectivity index (χ0v) is 13.6. The van der Waals surface area contributed by atoms with E-state index in [0.29, 0.717) is 5.69 Å². The first-order chi connectivity index (χ1) is 10.8. The summed E-state index contributed by atoms with van der Waals surface area (Å²) < 4.78 is 25.2. The third-order valence-corrected chi connectivity index (χ3v) is 4.44. The highest BCUT2D eigenvalue weighted by Gasteiger charge is 2.20. The Morgan fingerprint density at radius 1 is 1.22 bits per heavy atom. The number of rotatable bonds is 6. The molecule has 1 aromatic heterocycles. The second-order valence-electron chi connectivity index (χ2n) is 5.11. The van der Waals surface area contributed by atoms with Gasteiger partial charge in [0, 0.05) is 12.7 Å². The summed E-state index contributed by atoms with van der Waals surface area (Å²) in [6.45, 7) is 1.73. The predicted octanol–water partition coefficient (Wildman–Crippen LogP) is 1.45. The first-order valence-corrected chi connectivity index (χ1v) is 8.67. The molecule has 23 heavy (non-hydrogen) atoms. The van der Waals surface area contributed by atoms with Gasteiger partial charge in [0.15, 0.2) is 0 Å². The minimum absolute atomic E-state index is 0.00251. The highest BCUT2D eigenvalue weighted by atomic mass is 32.2. The topological polar surface area (TPSA) is 100 Å². The van der Waals surface area contributed by atoms with Gasteiger partial charge in [0.25, 0.3) is 0 Å². The molecule has 0 aliphatic heterocycles. The number of sulfonamides is 1. The molecule has 8 heteroatoms. The van der Waals surface area contributed by atoms with Gasteiger partial charge in [-0.3, -0.25) is 0 Å². The number of carboxylic acids is 1. The lowest BCUT2D eigenvalue weighted by Crippen LogP contribution is -2.30. The number of carbonyl (C=O) groups is 1. The molecule has 1 N–H and O–H groups in total. The van der Waals surface area contributed by atoms with E-state index in [-0.39, 0.29) is 24.5 Å². The number of nitrogens with zero attached hydrogens (tertiary/aromatic N) is 3. The van der Waals surface area contributed by atoms with E-state index in [4.69, 9.17) is 5.11 Å². The number of aryl methyl sites for hydroxylation is 1. The van der Waals surface area contributed by atoms with Crippen molar-refractivity contribution in [2.75, 3.05) is 6.26 Å². The number of aromatic carboxylic acids is 1. The van der Waals surface area contributed by atoms with Gasteiger partial charge in [-0.15, -0.1) is 0 Å². The summed E-state index contributed by atoms with van der Waals surface area (Å²) in [5, 5.41) is 8.98. The lowest BCUT2D eigenvalue weighted by atomic mass is 10.2. The van der Waals surface area contributed by atoms with Crippen LogP contribution < -0.4 is 0 Å². The number of carboxylic acid groups (broad SMARTS) is 1. The van der Waals surface area contributed by atoms with E-state index >= 15 is 0 Å². The second-order valence-corrected chi connectivity index (χ2v) is 7.09. The molecule has 122 valence electrons. The minimum Gasteiger partial charge on any atom is -0.478 e. The van der Waals surface area contributed by atoms with Crippen LogP contribution in [0.15, 0.2) is 36.5 Å². The normalized spacial score (nSPS) is 11.6. The van der Waals surface area contributed by atoms with Gasteiger partial charge in [0.2, 0.25) is 10.0 Å². The number of hydrogen-bond donors (Lipinski definition) is 1. The van der Waals surface area contributed by atoms with Crippen LogP contribution in [-0.4, -0.2) is 40.0 Å². The third kappa shape index (κ3) is 4.57. The summed E-state index contributed by atoms with van der Waals surface area (Å²) in [6.07, 6.45) is 2.32. The van der Waals surface area contributed by atoms with Gasteiger partial charge in [0.1, 0.15) is 5.82 Å². The van der Waals surface area contributed by atoms with Gasteiger partial charge in [0.05, 0.1) is 24.1 Å². The summed E-state index contributed by atoms with van der Waals surface area (Å²) >= 11 is 0. The van der Waals surface area contributed by atoms with Crippen molar-refractivity contribution in [3.8, 4) is 0 Å². The van der Waals surface area contributed by atoms with Crippen molar-refractivity contribution >= 4 is 16.0 Å². The van der Waals surface area contributed by atoms with E-state index in [1.165, 1.54) is 10.5 Å². The van der Waals surface area contributed by atoms with Gasteiger partial charge >= 0.3 is 5.97 Å². The molecule has 0 spiro atoms. The molecule has 0 atom stereocenters. The average molecular weight is 335 g/mol. The van der Waals surface area contributed by atoms with Crippen molar-refractivity contribution in [1.29, 1.82) is 0 Å². The highest BCUT2D eigenvalue weighted by Crippen LogP contribution is 2.12. The summed E-state index contributed by atoms with van der Waals surface area (Å²) in [4.78, 5) is 19.0. The Morgan fingerprint density at radius 2 is 1.87 bits per heavy atom. The van der Waals surface area contributed by atoms with E-state index in [0.717, 1.165) is 11.8 Å². The van der Waals surface area contributed by atoms with E-state index in [2.05, 4.69) is 9.97 Å². The Balaban J connectivity index is 2.25. The zero-order valence-electron chi connectivity index (χ0n) is 12.8. The van der Waals surface area contributed by atoms with E-state index in [1.54, 1.807) is 6.92 Å². The smallest absolute Gasteiger partial charge is 0.339 e. The van der Waals surface area contributed by atoms with Crippen LogP contribution in [0, 0.1) is 6.92 Å². The molecular formula is C15H17N3O4S. The Kier molecular flexibility index (Phi) is 5.07. The summed E-state index contributed by atoms with van der Waals surface area (Å²) in [5.41, 5.74) is 1.15. The summed E-state index contributed by atoms with van der Waals surface area (Å²) in [6, 6.07) is 9.18. The first kappa shape index (κ1) is 17.0. The molecule has 2 rings (SSSR count). The van der Waals surface area contributed by atoms with Crippen LogP contribution in [0.3, 0.4) is 0 Å². The second kappa shape index (κ2) is 6.84. The van der Waals surface area contributed by atoms with E-state index in [9.17, 15) is 13.2 Å². The first-order valence-electron chi connectivity index (χ1n) is 6.82. The monoisotopic (exact) mass is 335 g/mol. The van der Waals surface area contributed by atoms with Gasteiger partial charge in [-0.25, -0.2) is 23.2 Å². The van der Waals surface area contributed by atoms with Gasteiger partial charge in [-0.05, 0) is 12.5 Å². The van der Waals surface area contributed by atoms with Crippen molar-refractivity contribution in [2.24, 2.45) is 0 Å². The van der Waals surface area contributed by atoms with Crippen molar-refractivity contribution in [2.45, 2.75) is 20.0 Å². The van der Waals surface area contributed by atoms with Gasteiger partial charge < -0.3 is 5.11 Å². The Hall–Kier alpha value is -2.32. The molecule has 0 bridgehead atoms. The lowest BCUT2D eigenvalue weighted by Gasteiger charge is -2.19. The molecule has 0 unspecified atom stereocenters. The molecule has 1 aromatic carbocycles. The lowest BCUT2D eigenvalue weighted by molar-refractivity contribution is 0.0695. The molecule has 0 amide bonds. The molecule has 0 aliphatic carbocycles. The maximum atomic E-state index is 12.0. The SMILES string of the molecule is Cc1nc(CN(Cc2ccccc2)S(C)(=O)=O)ncc1C(=O)O. The van der Waals surface area contributed by atoms with E-state index in [1.807, 2.05) is 30.3 Å². The zero-order chi connectivity index (χ0) is 17.0. The van der Waals surface area contributed by atoms with Crippen LogP contribution >= 0.6 is 0 Å². The maximum Gasteiger partial charge on any atom is 0.339 e.